The van der Waals surface area contributed by atoms with Gasteiger partial charge in [0, 0.05) is 5.56 Å². The van der Waals surface area contributed by atoms with Gasteiger partial charge in [0.25, 0.3) is 0 Å². The first kappa shape index (κ1) is 16.9. The first-order chi connectivity index (χ1) is 12.7. The lowest BCUT2D eigenvalue weighted by molar-refractivity contribution is 0.0520. The summed E-state index contributed by atoms with van der Waals surface area (Å²) in [6.07, 6.45) is 7.78. The van der Waals surface area contributed by atoms with Crippen molar-refractivity contribution < 1.29 is 14.3 Å². The van der Waals surface area contributed by atoms with E-state index in [0.29, 0.717) is 18.8 Å². The SMILES string of the molecule is CCOC(=O)c1c(C)c2c(c3c1OCC/C=C\C3)Cc1ccccc1C2. The summed E-state index contributed by atoms with van der Waals surface area (Å²) < 4.78 is 11.5. The molecule has 1 heterocycles. The van der Waals surface area contributed by atoms with Crippen LogP contribution in [0.15, 0.2) is 36.4 Å². The topological polar surface area (TPSA) is 35.5 Å². The molecule has 0 saturated carbocycles. The van der Waals surface area contributed by atoms with E-state index in [1.165, 1.54) is 22.3 Å². The standard InChI is InChI=1S/C23H24O3/c1-3-25-23(24)21-15(2)19-13-16-9-6-7-10-17(16)14-20(19)18-11-5-4-8-12-26-22(18)21/h4-7,9-10H,3,8,11-14H2,1-2H3/b5-4-. The van der Waals surface area contributed by atoms with Gasteiger partial charge in [0.05, 0.1) is 13.2 Å². The molecule has 0 radical (unpaired) electrons. The Labute approximate surface area is 154 Å². The van der Waals surface area contributed by atoms with E-state index in [9.17, 15) is 4.79 Å². The highest BCUT2D eigenvalue weighted by molar-refractivity contribution is 5.96. The van der Waals surface area contributed by atoms with Crippen LogP contribution >= 0.6 is 0 Å². The van der Waals surface area contributed by atoms with Crippen molar-refractivity contribution in [1.82, 2.24) is 0 Å². The zero-order valence-corrected chi connectivity index (χ0v) is 15.4. The second kappa shape index (κ2) is 6.99. The average Bonchev–Trinajstić information content (AvgIpc) is 2.62. The molecule has 0 spiro atoms. The third-order valence-corrected chi connectivity index (χ3v) is 5.41. The second-order valence-corrected chi connectivity index (χ2v) is 6.92. The smallest absolute Gasteiger partial charge is 0.342 e. The van der Waals surface area contributed by atoms with Crippen molar-refractivity contribution in [2.24, 2.45) is 0 Å². The van der Waals surface area contributed by atoms with Crippen molar-refractivity contribution in [1.29, 1.82) is 0 Å². The van der Waals surface area contributed by atoms with Crippen LogP contribution in [0.5, 0.6) is 5.75 Å². The summed E-state index contributed by atoms with van der Waals surface area (Å²) in [5.41, 5.74) is 8.10. The van der Waals surface area contributed by atoms with Gasteiger partial charge in [-0.2, -0.15) is 0 Å². The van der Waals surface area contributed by atoms with Crippen molar-refractivity contribution in [3.63, 3.8) is 0 Å². The van der Waals surface area contributed by atoms with Gasteiger partial charge < -0.3 is 9.47 Å². The maximum absolute atomic E-state index is 12.7. The van der Waals surface area contributed by atoms with Gasteiger partial charge in [-0.15, -0.1) is 0 Å². The van der Waals surface area contributed by atoms with Gasteiger partial charge in [0.2, 0.25) is 0 Å². The normalized spacial score (nSPS) is 16.2. The van der Waals surface area contributed by atoms with Gasteiger partial charge in [-0.3, -0.25) is 0 Å². The molecular formula is C23H24O3. The minimum atomic E-state index is -0.271. The van der Waals surface area contributed by atoms with Crippen LogP contribution in [-0.2, 0) is 24.0 Å². The van der Waals surface area contributed by atoms with E-state index in [-0.39, 0.29) is 5.97 Å². The Morgan fingerprint density at radius 3 is 2.54 bits per heavy atom. The summed E-state index contributed by atoms with van der Waals surface area (Å²) in [7, 11) is 0. The summed E-state index contributed by atoms with van der Waals surface area (Å²) in [5.74, 6) is 0.468. The zero-order valence-electron chi connectivity index (χ0n) is 15.4. The fourth-order valence-corrected chi connectivity index (χ4v) is 4.13. The molecule has 1 aliphatic heterocycles. The predicted octanol–water partition coefficient (Wildman–Crippen LogP) is 4.55. The van der Waals surface area contributed by atoms with Crippen molar-refractivity contribution >= 4 is 5.97 Å². The number of hydrogen-bond donors (Lipinski definition) is 0. The fraction of sp³-hybridized carbons (Fsp3) is 0.348. The molecule has 1 aliphatic carbocycles. The van der Waals surface area contributed by atoms with Crippen LogP contribution in [-0.4, -0.2) is 19.2 Å². The molecule has 3 nitrogen and oxygen atoms in total. The van der Waals surface area contributed by atoms with Crippen molar-refractivity contribution in [2.75, 3.05) is 13.2 Å². The number of hydrogen-bond acceptors (Lipinski definition) is 3. The van der Waals surface area contributed by atoms with Crippen molar-refractivity contribution in [2.45, 2.75) is 39.5 Å². The van der Waals surface area contributed by atoms with E-state index >= 15 is 0 Å². The van der Waals surface area contributed by atoms with Crippen LogP contribution in [0.1, 0.15) is 57.1 Å². The summed E-state index contributed by atoms with van der Waals surface area (Å²) >= 11 is 0. The minimum Gasteiger partial charge on any atom is -0.492 e. The second-order valence-electron chi connectivity index (χ2n) is 6.92. The Kier molecular flexibility index (Phi) is 4.54. The van der Waals surface area contributed by atoms with E-state index in [4.69, 9.17) is 9.47 Å². The first-order valence-corrected chi connectivity index (χ1v) is 9.39. The molecule has 3 heteroatoms. The quantitative estimate of drug-likeness (QED) is 0.503. The summed E-state index contributed by atoms with van der Waals surface area (Å²) in [6.45, 7) is 4.84. The average molecular weight is 348 g/mol. The molecule has 0 bridgehead atoms. The molecule has 0 aromatic heterocycles. The van der Waals surface area contributed by atoms with Gasteiger partial charge in [-0.1, -0.05) is 36.4 Å². The molecule has 26 heavy (non-hydrogen) atoms. The maximum atomic E-state index is 12.7. The Bertz CT molecular complexity index is 893. The largest absolute Gasteiger partial charge is 0.492 e. The minimum absolute atomic E-state index is 0.271. The molecule has 0 unspecified atom stereocenters. The van der Waals surface area contributed by atoms with Crippen molar-refractivity contribution in [3.8, 4) is 5.75 Å². The van der Waals surface area contributed by atoms with Crippen molar-refractivity contribution in [3.05, 3.63) is 75.4 Å². The monoisotopic (exact) mass is 348 g/mol. The molecule has 134 valence electrons. The third-order valence-electron chi connectivity index (χ3n) is 5.41. The number of allylic oxidation sites excluding steroid dienone is 1. The zero-order chi connectivity index (χ0) is 18.1. The number of carbonyl (C=O) groups excluding carboxylic acids is 1. The lowest BCUT2D eigenvalue weighted by Gasteiger charge is -2.28. The fourth-order valence-electron chi connectivity index (χ4n) is 4.13. The molecule has 0 amide bonds. The highest BCUT2D eigenvalue weighted by Gasteiger charge is 2.29. The number of ether oxygens (including phenoxy) is 2. The van der Waals surface area contributed by atoms with Crippen LogP contribution in [0.25, 0.3) is 0 Å². The summed E-state index contributed by atoms with van der Waals surface area (Å²) in [4.78, 5) is 12.7. The Morgan fingerprint density at radius 1 is 1.08 bits per heavy atom. The summed E-state index contributed by atoms with van der Waals surface area (Å²) in [5, 5.41) is 0. The van der Waals surface area contributed by atoms with Gasteiger partial charge in [0.1, 0.15) is 11.3 Å². The van der Waals surface area contributed by atoms with E-state index in [0.717, 1.165) is 42.6 Å². The molecule has 2 aromatic rings. The van der Waals surface area contributed by atoms with Crippen LogP contribution in [0.3, 0.4) is 0 Å². The highest BCUT2D eigenvalue weighted by Crippen LogP contribution is 2.40. The van der Waals surface area contributed by atoms with Gasteiger partial charge in [-0.05, 0) is 67.3 Å². The molecule has 2 aromatic carbocycles. The number of fused-ring (bicyclic) bond motifs is 4. The van der Waals surface area contributed by atoms with Gasteiger partial charge in [-0.25, -0.2) is 4.79 Å². The molecule has 0 fully saturated rings. The van der Waals surface area contributed by atoms with Gasteiger partial charge in [0.15, 0.2) is 0 Å². The molecular weight excluding hydrogens is 324 g/mol. The molecule has 0 N–H and O–H groups in total. The summed E-state index contributed by atoms with van der Waals surface area (Å²) in [6, 6.07) is 8.59. The Morgan fingerprint density at radius 2 is 1.81 bits per heavy atom. The molecule has 2 aliphatic rings. The van der Waals surface area contributed by atoms with E-state index in [2.05, 4.69) is 36.4 Å². The first-order valence-electron chi connectivity index (χ1n) is 9.39. The van der Waals surface area contributed by atoms with Crippen LogP contribution < -0.4 is 4.74 Å². The van der Waals surface area contributed by atoms with E-state index in [1.54, 1.807) is 0 Å². The number of esters is 1. The Hall–Kier alpha value is -2.55. The highest BCUT2D eigenvalue weighted by atomic mass is 16.5. The number of carbonyl (C=O) groups is 1. The maximum Gasteiger partial charge on any atom is 0.342 e. The molecule has 0 atom stereocenters. The van der Waals surface area contributed by atoms with Crippen LogP contribution in [0, 0.1) is 6.92 Å². The molecule has 4 rings (SSSR count). The number of rotatable bonds is 2. The number of benzene rings is 2. The lowest BCUT2D eigenvalue weighted by Crippen LogP contribution is -2.20. The third kappa shape index (κ3) is 2.82. The van der Waals surface area contributed by atoms with E-state index in [1.807, 2.05) is 13.8 Å². The van der Waals surface area contributed by atoms with Crippen LogP contribution in [0.4, 0.5) is 0 Å². The van der Waals surface area contributed by atoms with E-state index < -0.39 is 0 Å². The van der Waals surface area contributed by atoms with Gasteiger partial charge >= 0.3 is 5.97 Å². The Balaban J connectivity index is 1.94. The van der Waals surface area contributed by atoms with Crippen LogP contribution in [0.2, 0.25) is 0 Å². The lowest BCUT2D eigenvalue weighted by atomic mass is 9.78. The predicted molar refractivity (Wildman–Crippen MR) is 102 cm³/mol. The molecule has 0 saturated heterocycles.